The second-order valence-corrected chi connectivity index (χ2v) is 8.81. The molecule has 3 aromatic carbocycles. The number of ether oxygens (including phenoxy) is 1. The second-order valence-electron chi connectivity index (χ2n) is 8.81. The molecule has 2 N–H and O–H groups in total. The van der Waals surface area contributed by atoms with E-state index in [4.69, 9.17) is 10.5 Å². The van der Waals surface area contributed by atoms with Crippen LogP contribution in [-0.4, -0.2) is 29.8 Å². The Hall–Kier alpha value is -4.46. The molecule has 0 aromatic heterocycles. The predicted molar refractivity (Wildman–Crippen MR) is 135 cm³/mol. The SMILES string of the molecule is CC(=O)OC1C(=O)N(c2ccccc2)c2ccccc2N(C(C(N)=O)(c2ccccc2)C(C)C)C1=O. The van der Waals surface area contributed by atoms with Crippen LogP contribution >= 0.6 is 0 Å². The summed E-state index contributed by atoms with van der Waals surface area (Å²) in [6, 6.07) is 24.2. The molecule has 1 aliphatic rings. The van der Waals surface area contributed by atoms with E-state index >= 15 is 0 Å². The van der Waals surface area contributed by atoms with E-state index in [1.807, 2.05) is 0 Å². The molecule has 8 nitrogen and oxygen atoms in total. The summed E-state index contributed by atoms with van der Waals surface area (Å²) in [7, 11) is 0. The average molecular weight is 486 g/mol. The first-order valence-corrected chi connectivity index (χ1v) is 11.6. The van der Waals surface area contributed by atoms with Crippen LogP contribution in [0.1, 0.15) is 26.3 Å². The van der Waals surface area contributed by atoms with Gasteiger partial charge >= 0.3 is 5.97 Å². The van der Waals surface area contributed by atoms with Crippen molar-refractivity contribution in [1.82, 2.24) is 0 Å². The number of hydrogen-bond acceptors (Lipinski definition) is 5. The molecule has 0 aliphatic carbocycles. The van der Waals surface area contributed by atoms with Gasteiger partial charge in [0.05, 0.1) is 11.4 Å². The van der Waals surface area contributed by atoms with E-state index in [1.54, 1.807) is 98.8 Å². The molecule has 0 saturated heterocycles. The van der Waals surface area contributed by atoms with Gasteiger partial charge in [0.1, 0.15) is 0 Å². The lowest BCUT2D eigenvalue weighted by atomic mass is 9.76. The van der Waals surface area contributed by atoms with Crippen LogP contribution in [0.5, 0.6) is 0 Å². The van der Waals surface area contributed by atoms with Gasteiger partial charge in [-0.25, -0.2) is 0 Å². The largest absolute Gasteiger partial charge is 0.442 e. The summed E-state index contributed by atoms with van der Waals surface area (Å²) in [6.45, 7) is 4.67. The third-order valence-corrected chi connectivity index (χ3v) is 6.33. The number of esters is 1. The normalized spacial score (nSPS) is 17.3. The maximum absolute atomic E-state index is 14.3. The number of fused-ring (bicyclic) bond motifs is 1. The minimum atomic E-state index is -1.84. The fraction of sp³-hybridized carbons (Fsp3) is 0.214. The standard InChI is InChI=1S/C28H27N3O5/c1-18(2)28(27(29)35,20-12-6-4-7-13-20)31-23-17-11-10-16-22(23)30(21-14-8-5-9-15-21)25(33)24(26(31)34)36-19(3)32/h4-18,24H,1-3H3,(H2,29,35). The highest BCUT2D eigenvalue weighted by molar-refractivity contribution is 6.24. The number of amides is 3. The van der Waals surface area contributed by atoms with Gasteiger partial charge in [0.2, 0.25) is 5.91 Å². The Labute approximate surface area is 209 Å². The molecule has 184 valence electrons. The number of anilines is 3. The maximum Gasteiger partial charge on any atom is 0.303 e. The Bertz CT molecular complexity index is 1310. The van der Waals surface area contributed by atoms with E-state index in [0.717, 1.165) is 6.92 Å². The van der Waals surface area contributed by atoms with Crippen LogP contribution in [0.15, 0.2) is 84.9 Å². The summed E-state index contributed by atoms with van der Waals surface area (Å²) in [5.74, 6) is -3.74. The Morgan fingerprint density at radius 2 is 1.36 bits per heavy atom. The number of primary amides is 1. The number of benzene rings is 3. The molecule has 1 heterocycles. The van der Waals surface area contributed by atoms with Crippen molar-refractivity contribution < 1.29 is 23.9 Å². The van der Waals surface area contributed by atoms with Gasteiger partial charge in [0, 0.05) is 12.6 Å². The van der Waals surface area contributed by atoms with Crippen LogP contribution in [0.4, 0.5) is 17.1 Å². The summed E-state index contributed by atoms with van der Waals surface area (Å²) in [5, 5.41) is 0. The van der Waals surface area contributed by atoms with Crippen molar-refractivity contribution in [2.24, 2.45) is 11.7 Å². The summed E-state index contributed by atoms with van der Waals surface area (Å²) in [4.78, 5) is 56.2. The molecular formula is C28H27N3O5. The van der Waals surface area contributed by atoms with Crippen LogP contribution < -0.4 is 15.5 Å². The Kier molecular flexibility index (Phi) is 6.61. The molecule has 3 amide bonds. The minimum Gasteiger partial charge on any atom is -0.442 e. The molecule has 0 radical (unpaired) electrons. The molecule has 8 heteroatoms. The summed E-state index contributed by atoms with van der Waals surface area (Å²) < 4.78 is 5.33. The Morgan fingerprint density at radius 3 is 1.89 bits per heavy atom. The topological polar surface area (TPSA) is 110 Å². The van der Waals surface area contributed by atoms with Gasteiger partial charge in [-0.05, 0) is 35.7 Å². The Morgan fingerprint density at radius 1 is 0.833 bits per heavy atom. The number of carbonyl (C=O) groups excluding carboxylic acids is 4. The van der Waals surface area contributed by atoms with Gasteiger partial charge in [-0.3, -0.25) is 29.0 Å². The molecule has 0 saturated carbocycles. The highest BCUT2D eigenvalue weighted by atomic mass is 16.6. The zero-order chi connectivity index (χ0) is 26.0. The molecule has 1 aliphatic heterocycles. The number of hydrogen-bond donors (Lipinski definition) is 1. The third kappa shape index (κ3) is 3.90. The molecule has 0 bridgehead atoms. The lowest BCUT2D eigenvalue weighted by molar-refractivity contribution is -0.158. The summed E-state index contributed by atoms with van der Waals surface area (Å²) in [6.07, 6.45) is -1.84. The Balaban J connectivity index is 2.10. The highest BCUT2D eigenvalue weighted by Gasteiger charge is 2.55. The minimum absolute atomic E-state index is 0.283. The van der Waals surface area contributed by atoms with Crippen molar-refractivity contribution in [3.63, 3.8) is 0 Å². The van der Waals surface area contributed by atoms with Gasteiger partial charge in [0.15, 0.2) is 5.54 Å². The molecule has 2 atom stereocenters. The second kappa shape index (κ2) is 9.65. The van der Waals surface area contributed by atoms with Crippen LogP contribution in [0, 0.1) is 5.92 Å². The first-order valence-electron chi connectivity index (χ1n) is 11.6. The molecule has 0 spiro atoms. The third-order valence-electron chi connectivity index (χ3n) is 6.33. The van der Waals surface area contributed by atoms with Crippen LogP contribution in [0.3, 0.4) is 0 Å². The van der Waals surface area contributed by atoms with Gasteiger partial charge in [-0.1, -0.05) is 74.5 Å². The van der Waals surface area contributed by atoms with Gasteiger partial charge in [0.25, 0.3) is 17.9 Å². The zero-order valence-electron chi connectivity index (χ0n) is 20.3. The predicted octanol–water partition coefficient (Wildman–Crippen LogP) is 3.67. The van der Waals surface area contributed by atoms with E-state index in [0.29, 0.717) is 16.9 Å². The van der Waals surface area contributed by atoms with Crippen LogP contribution in [0.2, 0.25) is 0 Å². The first kappa shape index (κ1) is 24.7. The molecule has 36 heavy (non-hydrogen) atoms. The van der Waals surface area contributed by atoms with E-state index in [9.17, 15) is 19.2 Å². The van der Waals surface area contributed by atoms with Crippen molar-refractivity contribution in [2.45, 2.75) is 32.4 Å². The molecule has 2 unspecified atom stereocenters. The monoisotopic (exact) mass is 485 g/mol. The van der Waals surface area contributed by atoms with Gasteiger partial charge < -0.3 is 10.5 Å². The van der Waals surface area contributed by atoms with Crippen molar-refractivity contribution in [3.05, 3.63) is 90.5 Å². The smallest absolute Gasteiger partial charge is 0.303 e. The molecule has 0 fully saturated rings. The van der Waals surface area contributed by atoms with Gasteiger partial charge in [-0.2, -0.15) is 0 Å². The number of rotatable bonds is 6. The maximum atomic E-state index is 14.3. The van der Waals surface area contributed by atoms with Crippen molar-refractivity contribution >= 4 is 40.8 Å². The number of carbonyl (C=O) groups is 4. The van der Waals surface area contributed by atoms with E-state index in [2.05, 4.69) is 0 Å². The first-order chi connectivity index (χ1) is 17.2. The van der Waals surface area contributed by atoms with E-state index in [1.165, 1.54) is 9.80 Å². The van der Waals surface area contributed by atoms with Gasteiger partial charge in [-0.15, -0.1) is 0 Å². The molecular weight excluding hydrogens is 458 g/mol. The van der Waals surface area contributed by atoms with E-state index < -0.39 is 41.3 Å². The van der Waals surface area contributed by atoms with E-state index in [-0.39, 0.29) is 5.69 Å². The summed E-state index contributed by atoms with van der Waals surface area (Å²) >= 11 is 0. The summed E-state index contributed by atoms with van der Waals surface area (Å²) in [5.41, 5.74) is 5.97. The van der Waals surface area contributed by atoms with Crippen LogP contribution in [0.25, 0.3) is 0 Å². The number of para-hydroxylation sites is 3. The van der Waals surface area contributed by atoms with Crippen molar-refractivity contribution in [3.8, 4) is 0 Å². The number of nitrogens with zero attached hydrogens (tertiary/aromatic N) is 2. The van der Waals surface area contributed by atoms with Crippen molar-refractivity contribution in [1.29, 1.82) is 0 Å². The van der Waals surface area contributed by atoms with Crippen molar-refractivity contribution in [2.75, 3.05) is 9.80 Å². The lowest BCUT2D eigenvalue weighted by Crippen LogP contribution is -2.63. The molecule has 3 aromatic rings. The average Bonchev–Trinajstić information content (AvgIpc) is 2.94. The number of nitrogens with two attached hydrogens (primary N) is 1. The molecule has 4 rings (SSSR count). The lowest BCUT2D eigenvalue weighted by Gasteiger charge is -2.45. The zero-order valence-corrected chi connectivity index (χ0v) is 20.3. The fourth-order valence-electron chi connectivity index (χ4n) is 4.84. The quantitative estimate of drug-likeness (QED) is 0.423. The van der Waals surface area contributed by atoms with Crippen LogP contribution in [-0.2, 0) is 29.5 Å². The fourth-order valence-corrected chi connectivity index (χ4v) is 4.84. The highest BCUT2D eigenvalue weighted by Crippen LogP contribution is 2.46.